The van der Waals surface area contributed by atoms with Gasteiger partial charge in [0.1, 0.15) is 24.2 Å². The Kier molecular flexibility index (Phi) is 7.29. The fraction of sp³-hybridized carbons (Fsp3) is 0.357. The summed E-state index contributed by atoms with van der Waals surface area (Å²) in [6, 6.07) is 14.6. The van der Waals surface area contributed by atoms with Gasteiger partial charge in [-0.15, -0.1) is 0 Å². The SMILES string of the molecule is CCCCCn1cncc1[N+]1(C)C=C(C(=O)N(C)CCOC)C(c2cccc3ccccc23)=C1. The number of nitrogens with zero attached hydrogens (tertiary/aromatic N) is 4. The number of benzene rings is 2. The Morgan fingerprint density at radius 1 is 1.12 bits per heavy atom. The Hall–Kier alpha value is -3.22. The molecule has 0 saturated heterocycles. The van der Waals surface area contributed by atoms with E-state index in [1.54, 1.807) is 12.0 Å². The van der Waals surface area contributed by atoms with Crippen LogP contribution in [-0.4, -0.2) is 54.7 Å². The number of quaternary nitrogens is 1. The molecule has 34 heavy (non-hydrogen) atoms. The van der Waals surface area contributed by atoms with Gasteiger partial charge >= 0.3 is 0 Å². The van der Waals surface area contributed by atoms with Gasteiger partial charge in [-0.2, -0.15) is 0 Å². The predicted molar refractivity (Wildman–Crippen MR) is 139 cm³/mol. The van der Waals surface area contributed by atoms with Crippen LogP contribution in [0.5, 0.6) is 0 Å². The molecular weight excluding hydrogens is 424 g/mol. The smallest absolute Gasteiger partial charge is 0.259 e. The molecule has 0 spiro atoms. The van der Waals surface area contributed by atoms with E-state index < -0.39 is 0 Å². The summed E-state index contributed by atoms with van der Waals surface area (Å²) in [6.07, 6.45) is 11.5. The van der Waals surface area contributed by atoms with Crippen LogP contribution < -0.4 is 4.48 Å². The molecular formula is C28H35N4O2+. The Bertz CT molecular complexity index is 1220. The van der Waals surface area contributed by atoms with Gasteiger partial charge in [-0.25, -0.2) is 9.47 Å². The highest BCUT2D eigenvalue weighted by atomic mass is 16.5. The molecule has 1 aliphatic rings. The summed E-state index contributed by atoms with van der Waals surface area (Å²) in [5.74, 6) is 1.05. The van der Waals surface area contributed by atoms with Gasteiger partial charge in [0, 0.05) is 27.2 Å². The number of carbonyl (C=O) groups excluding carboxylic acids is 1. The second-order valence-corrected chi connectivity index (χ2v) is 9.13. The van der Waals surface area contributed by atoms with Crippen LogP contribution in [0.2, 0.25) is 0 Å². The fourth-order valence-electron chi connectivity index (χ4n) is 4.65. The van der Waals surface area contributed by atoms with Crippen molar-refractivity contribution in [2.24, 2.45) is 0 Å². The van der Waals surface area contributed by atoms with Crippen molar-refractivity contribution in [3.8, 4) is 0 Å². The van der Waals surface area contributed by atoms with Crippen molar-refractivity contribution in [3.63, 3.8) is 0 Å². The third-order valence-electron chi connectivity index (χ3n) is 6.56. The first-order valence-corrected chi connectivity index (χ1v) is 12.0. The number of aryl methyl sites for hydroxylation is 1. The first-order chi connectivity index (χ1) is 16.5. The van der Waals surface area contributed by atoms with Gasteiger partial charge in [0.2, 0.25) is 5.82 Å². The standard InChI is InChI=1S/C28H35N4O2/c1-5-6-9-15-31-21-29-18-27(31)32(3)19-25(26(20-32)28(33)30(2)16-17-34-4)24-14-10-12-22-11-7-8-13-23(22)24/h7-8,10-14,18-21H,5-6,9,15-17H2,1-4H3/q+1. The van der Waals surface area contributed by atoms with E-state index >= 15 is 0 Å². The van der Waals surface area contributed by atoms with E-state index in [2.05, 4.69) is 66.3 Å². The number of ether oxygens (including phenoxy) is 1. The van der Waals surface area contributed by atoms with Crippen LogP contribution in [0.1, 0.15) is 31.7 Å². The van der Waals surface area contributed by atoms with Crippen LogP contribution in [0.4, 0.5) is 5.82 Å². The van der Waals surface area contributed by atoms with Crippen LogP contribution in [0, 0.1) is 0 Å². The maximum Gasteiger partial charge on any atom is 0.259 e. The lowest BCUT2D eigenvalue weighted by atomic mass is 9.94. The molecule has 0 N–H and O–H groups in total. The number of unbranched alkanes of at least 4 members (excludes halogenated alkanes) is 2. The molecule has 1 amide bonds. The Labute approximate surface area is 202 Å². The van der Waals surface area contributed by atoms with Gasteiger partial charge in [-0.1, -0.05) is 62.2 Å². The zero-order chi connectivity index (χ0) is 24.1. The van der Waals surface area contributed by atoms with Gasteiger partial charge in [0.05, 0.1) is 25.6 Å². The molecule has 0 radical (unpaired) electrons. The van der Waals surface area contributed by atoms with Gasteiger partial charge in [0.15, 0.2) is 0 Å². The molecule has 2 heterocycles. The molecule has 1 unspecified atom stereocenters. The number of imidazole rings is 1. The average molecular weight is 460 g/mol. The zero-order valence-corrected chi connectivity index (χ0v) is 20.7. The van der Waals surface area contributed by atoms with Crippen molar-refractivity contribution in [1.82, 2.24) is 18.9 Å². The van der Waals surface area contributed by atoms with Crippen molar-refractivity contribution in [3.05, 3.63) is 78.5 Å². The van der Waals surface area contributed by atoms with E-state index in [9.17, 15) is 4.79 Å². The highest BCUT2D eigenvalue weighted by Gasteiger charge is 2.38. The van der Waals surface area contributed by atoms with Crippen LogP contribution in [-0.2, 0) is 16.1 Å². The van der Waals surface area contributed by atoms with Crippen molar-refractivity contribution in [2.45, 2.75) is 32.7 Å². The van der Waals surface area contributed by atoms with Gasteiger partial charge in [-0.3, -0.25) is 9.36 Å². The molecule has 0 bridgehead atoms. The molecule has 2 aromatic carbocycles. The van der Waals surface area contributed by atoms with Crippen molar-refractivity contribution < 1.29 is 9.53 Å². The number of aromatic nitrogens is 2. The number of hydrogen-bond acceptors (Lipinski definition) is 3. The van der Waals surface area contributed by atoms with Crippen LogP contribution in [0.3, 0.4) is 0 Å². The fourth-order valence-corrected chi connectivity index (χ4v) is 4.65. The molecule has 1 aromatic heterocycles. The summed E-state index contributed by atoms with van der Waals surface area (Å²) in [7, 11) is 5.61. The van der Waals surface area contributed by atoms with Gasteiger partial charge in [0.25, 0.3) is 5.91 Å². The molecule has 0 saturated carbocycles. The maximum atomic E-state index is 13.7. The van der Waals surface area contributed by atoms with Crippen LogP contribution in [0.25, 0.3) is 16.3 Å². The minimum atomic E-state index is -0.00451. The highest BCUT2D eigenvalue weighted by Crippen LogP contribution is 2.40. The molecule has 1 atom stereocenters. The molecule has 178 valence electrons. The Morgan fingerprint density at radius 2 is 1.91 bits per heavy atom. The number of carbonyl (C=O) groups is 1. The molecule has 1 aliphatic heterocycles. The monoisotopic (exact) mass is 459 g/mol. The highest BCUT2D eigenvalue weighted by molar-refractivity contribution is 6.13. The summed E-state index contributed by atoms with van der Waals surface area (Å²) in [4.78, 5) is 19.9. The van der Waals surface area contributed by atoms with Gasteiger partial charge in [-0.05, 0) is 22.8 Å². The third-order valence-corrected chi connectivity index (χ3v) is 6.56. The van der Waals surface area contributed by atoms with Crippen LogP contribution >= 0.6 is 0 Å². The van der Waals surface area contributed by atoms with Crippen molar-refractivity contribution >= 4 is 28.1 Å². The van der Waals surface area contributed by atoms with E-state index in [0.717, 1.165) is 40.7 Å². The number of methoxy groups -OCH3 is 1. The largest absolute Gasteiger partial charge is 0.383 e. The lowest BCUT2D eigenvalue weighted by Gasteiger charge is -2.23. The topological polar surface area (TPSA) is 47.4 Å². The minimum absolute atomic E-state index is 0.00451. The first-order valence-electron chi connectivity index (χ1n) is 12.0. The minimum Gasteiger partial charge on any atom is -0.383 e. The summed E-state index contributed by atoms with van der Waals surface area (Å²) in [5.41, 5.74) is 2.73. The van der Waals surface area contributed by atoms with Crippen LogP contribution in [0.15, 0.2) is 73.0 Å². The normalized spacial score (nSPS) is 17.6. The van der Waals surface area contributed by atoms with E-state index in [4.69, 9.17) is 4.74 Å². The van der Waals surface area contributed by atoms with Crippen molar-refractivity contribution in [1.29, 1.82) is 0 Å². The van der Waals surface area contributed by atoms with E-state index in [-0.39, 0.29) is 5.91 Å². The quantitative estimate of drug-likeness (QED) is 0.309. The summed E-state index contributed by atoms with van der Waals surface area (Å²) in [6.45, 7) is 4.16. The summed E-state index contributed by atoms with van der Waals surface area (Å²) in [5, 5.41) is 2.30. The third kappa shape index (κ3) is 4.69. The number of likely N-dealkylation sites (N-methyl/N-ethyl adjacent to an activating group) is 1. The summed E-state index contributed by atoms with van der Waals surface area (Å²) >= 11 is 0. The van der Waals surface area contributed by atoms with Gasteiger partial charge < -0.3 is 9.64 Å². The molecule has 6 heteroatoms. The molecule has 0 fully saturated rings. The number of rotatable bonds is 10. The Balaban J connectivity index is 1.81. The predicted octanol–water partition coefficient (Wildman–Crippen LogP) is 5.21. The molecule has 3 aromatic rings. The molecule has 4 rings (SSSR count). The Morgan fingerprint density at radius 3 is 2.71 bits per heavy atom. The maximum absolute atomic E-state index is 13.7. The van der Waals surface area contributed by atoms with E-state index in [1.165, 1.54) is 12.8 Å². The lowest BCUT2D eigenvalue weighted by molar-refractivity contribution is -0.126. The van der Waals surface area contributed by atoms with E-state index in [0.29, 0.717) is 23.2 Å². The second kappa shape index (κ2) is 10.4. The summed E-state index contributed by atoms with van der Waals surface area (Å²) < 4.78 is 7.82. The zero-order valence-electron chi connectivity index (χ0n) is 20.7. The van der Waals surface area contributed by atoms with E-state index in [1.807, 2.05) is 31.7 Å². The molecule has 0 aliphatic carbocycles. The lowest BCUT2D eigenvalue weighted by Crippen LogP contribution is -2.34. The number of amides is 1. The van der Waals surface area contributed by atoms with Crippen molar-refractivity contribution in [2.75, 3.05) is 34.4 Å². The number of hydrogen-bond donors (Lipinski definition) is 0. The first kappa shape index (κ1) is 23.9. The average Bonchev–Trinajstić information content (AvgIpc) is 3.47. The molecule has 6 nitrogen and oxygen atoms in total. The second-order valence-electron chi connectivity index (χ2n) is 9.13. The number of fused-ring (bicyclic) bond motifs is 1.